The third-order valence-electron chi connectivity index (χ3n) is 4.39. The first-order valence-electron chi connectivity index (χ1n) is 7.39. The van der Waals surface area contributed by atoms with Crippen LogP contribution < -0.4 is 0 Å². The maximum Gasteiger partial charge on any atom is 0.307 e. The van der Waals surface area contributed by atoms with E-state index in [0.717, 1.165) is 12.0 Å². The molecule has 0 spiro atoms. The van der Waals surface area contributed by atoms with Crippen LogP contribution in [0.25, 0.3) is 0 Å². The molecule has 0 radical (unpaired) electrons. The number of carboxylic acids is 1. The number of carboxylic acid groups (broad SMARTS) is 1. The van der Waals surface area contributed by atoms with Crippen LogP contribution in [0.5, 0.6) is 0 Å². The molecule has 3 atom stereocenters. The van der Waals surface area contributed by atoms with Gasteiger partial charge in [0.1, 0.15) is 0 Å². The number of carbonyl (C=O) groups is 2. The van der Waals surface area contributed by atoms with Crippen LogP contribution in [-0.4, -0.2) is 33.9 Å². The molecule has 0 aromatic carbocycles. The molecule has 0 bridgehead atoms. The van der Waals surface area contributed by atoms with Crippen molar-refractivity contribution in [2.75, 3.05) is 7.05 Å². The standard InChI is InChI=1S/C16H22N2O3/c1-3-11-7-13(14(8-11)16(20)21)15(19)18(2)10-12-5-4-6-17-9-12/h4-6,9,11,13-14H,3,7-8,10H2,1-2H3,(H,20,21). The molecule has 3 unspecified atom stereocenters. The molecule has 1 saturated carbocycles. The zero-order valence-corrected chi connectivity index (χ0v) is 12.5. The predicted molar refractivity (Wildman–Crippen MR) is 78.3 cm³/mol. The number of aliphatic carboxylic acids is 1. The van der Waals surface area contributed by atoms with Gasteiger partial charge in [-0.1, -0.05) is 19.4 Å². The van der Waals surface area contributed by atoms with E-state index >= 15 is 0 Å². The summed E-state index contributed by atoms with van der Waals surface area (Å²) in [6, 6.07) is 3.74. The Balaban J connectivity index is 2.05. The van der Waals surface area contributed by atoms with E-state index in [1.165, 1.54) is 0 Å². The Bertz CT molecular complexity index is 504. The van der Waals surface area contributed by atoms with Crippen LogP contribution in [0.1, 0.15) is 31.7 Å². The van der Waals surface area contributed by atoms with Crippen LogP contribution in [0.15, 0.2) is 24.5 Å². The van der Waals surface area contributed by atoms with Crippen molar-refractivity contribution in [2.24, 2.45) is 17.8 Å². The van der Waals surface area contributed by atoms with Crippen molar-refractivity contribution in [3.05, 3.63) is 30.1 Å². The van der Waals surface area contributed by atoms with Crippen molar-refractivity contribution >= 4 is 11.9 Å². The van der Waals surface area contributed by atoms with Gasteiger partial charge in [-0.3, -0.25) is 14.6 Å². The number of carbonyl (C=O) groups excluding carboxylic acids is 1. The fourth-order valence-electron chi connectivity index (χ4n) is 3.15. The number of amides is 1. The molecule has 1 amide bonds. The fraction of sp³-hybridized carbons (Fsp3) is 0.562. The van der Waals surface area contributed by atoms with Crippen LogP contribution in [0.2, 0.25) is 0 Å². The zero-order valence-electron chi connectivity index (χ0n) is 12.5. The lowest BCUT2D eigenvalue weighted by Crippen LogP contribution is -2.36. The van der Waals surface area contributed by atoms with Gasteiger partial charge in [0.15, 0.2) is 0 Å². The number of aromatic nitrogens is 1. The van der Waals surface area contributed by atoms with Gasteiger partial charge in [0.2, 0.25) is 5.91 Å². The Hall–Kier alpha value is -1.91. The van der Waals surface area contributed by atoms with E-state index in [1.807, 2.05) is 12.1 Å². The molecule has 1 heterocycles. The first-order chi connectivity index (χ1) is 10.0. The number of hydrogen-bond acceptors (Lipinski definition) is 3. The van der Waals surface area contributed by atoms with E-state index in [9.17, 15) is 14.7 Å². The van der Waals surface area contributed by atoms with Gasteiger partial charge < -0.3 is 10.0 Å². The van der Waals surface area contributed by atoms with E-state index < -0.39 is 17.8 Å². The Morgan fingerprint density at radius 2 is 2.10 bits per heavy atom. The lowest BCUT2D eigenvalue weighted by Gasteiger charge is -2.23. The molecule has 1 aliphatic rings. The minimum Gasteiger partial charge on any atom is -0.481 e. The minimum absolute atomic E-state index is 0.0674. The zero-order chi connectivity index (χ0) is 15.4. The summed E-state index contributed by atoms with van der Waals surface area (Å²) in [4.78, 5) is 29.6. The molecule has 5 heteroatoms. The van der Waals surface area contributed by atoms with E-state index in [4.69, 9.17) is 0 Å². The quantitative estimate of drug-likeness (QED) is 0.902. The highest BCUT2D eigenvalue weighted by Gasteiger charge is 2.43. The third-order valence-corrected chi connectivity index (χ3v) is 4.39. The molecule has 1 aromatic heterocycles. The largest absolute Gasteiger partial charge is 0.481 e. The second kappa shape index (κ2) is 6.70. The van der Waals surface area contributed by atoms with Gasteiger partial charge in [-0.15, -0.1) is 0 Å². The fourth-order valence-corrected chi connectivity index (χ4v) is 3.15. The van der Waals surface area contributed by atoms with Crippen molar-refractivity contribution in [3.8, 4) is 0 Å². The average molecular weight is 290 g/mol. The van der Waals surface area contributed by atoms with Gasteiger partial charge >= 0.3 is 5.97 Å². The first-order valence-corrected chi connectivity index (χ1v) is 7.39. The highest BCUT2D eigenvalue weighted by atomic mass is 16.4. The number of hydrogen-bond donors (Lipinski definition) is 1. The van der Waals surface area contributed by atoms with Crippen molar-refractivity contribution in [3.63, 3.8) is 0 Å². The lowest BCUT2D eigenvalue weighted by atomic mass is 9.95. The summed E-state index contributed by atoms with van der Waals surface area (Å²) >= 11 is 0. The van der Waals surface area contributed by atoms with Crippen molar-refractivity contribution in [1.82, 2.24) is 9.88 Å². The van der Waals surface area contributed by atoms with E-state index in [1.54, 1.807) is 24.3 Å². The smallest absolute Gasteiger partial charge is 0.307 e. The first kappa shape index (κ1) is 15.5. The van der Waals surface area contributed by atoms with E-state index in [0.29, 0.717) is 25.3 Å². The van der Waals surface area contributed by atoms with Gasteiger partial charge in [0.25, 0.3) is 0 Å². The minimum atomic E-state index is -0.848. The highest BCUT2D eigenvalue weighted by Crippen LogP contribution is 2.39. The van der Waals surface area contributed by atoms with Gasteiger partial charge in [0, 0.05) is 26.0 Å². The molecule has 1 aromatic rings. The molecular formula is C16H22N2O3. The SMILES string of the molecule is CCC1CC(C(=O)O)C(C(=O)N(C)Cc2cccnc2)C1. The van der Waals surface area contributed by atoms with Crippen LogP contribution in [0.3, 0.4) is 0 Å². The normalized spacial score (nSPS) is 24.8. The lowest BCUT2D eigenvalue weighted by molar-refractivity contribution is -0.148. The Labute approximate surface area is 125 Å². The summed E-state index contributed by atoms with van der Waals surface area (Å²) in [5.41, 5.74) is 0.949. The van der Waals surface area contributed by atoms with Crippen LogP contribution in [0, 0.1) is 17.8 Å². The van der Waals surface area contributed by atoms with Gasteiger partial charge in [-0.2, -0.15) is 0 Å². The molecule has 1 N–H and O–H groups in total. The van der Waals surface area contributed by atoms with Gasteiger partial charge in [0.05, 0.1) is 11.8 Å². The molecule has 1 fully saturated rings. The summed E-state index contributed by atoms with van der Waals surface area (Å²) in [5, 5.41) is 9.34. The average Bonchev–Trinajstić information content (AvgIpc) is 2.92. The van der Waals surface area contributed by atoms with Gasteiger partial charge in [-0.05, 0) is 30.4 Å². The molecule has 114 valence electrons. The molecule has 21 heavy (non-hydrogen) atoms. The second-order valence-electron chi connectivity index (χ2n) is 5.85. The van der Waals surface area contributed by atoms with E-state index in [-0.39, 0.29) is 5.91 Å². The number of pyridine rings is 1. The molecule has 0 saturated heterocycles. The summed E-state index contributed by atoms with van der Waals surface area (Å²) in [6.07, 6.45) is 5.64. The molecular weight excluding hydrogens is 268 g/mol. The van der Waals surface area contributed by atoms with Crippen molar-refractivity contribution < 1.29 is 14.7 Å². The van der Waals surface area contributed by atoms with E-state index in [2.05, 4.69) is 11.9 Å². The summed E-state index contributed by atoms with van der Waals surface area (Å²) in [7, 11) is 1.73. The monoisotopic (exact) mass is 290 g/mol. The molecule has 2 rings (SSSR count). The molecule has 5 nitrogen and oxygen atoms in total. The van der Waals surface area contributed by atoms with Crippen molar-refractivity contribution in [1.29, 1.82) is 0 Å². The number of nitrogens with zero attached hydrogens (tertiary/aromatic N) is 2. The predicted octanol–water partition coefficient (Wildman–Crippen LogP) is 2.18. The van der Waals surface area contributed by atoms with Crippen LogP contribution in [0.4, 0.5) is 0 Å². The summed E-state index contributed by atoms with van der Waals surface area (Å²) in [6.45, 7) is 2.52. The summed E-state index contributed by atoms with van der Waals surface area (Å²) < 4.78 is 0. The van der Waals surface area contributed by atoms with Crippen molar-refractivity contribution in [2.45, 2.75) is 32.7 Å². The molecule has 1 aliphatic carbocycles. The van der Waals surface area contributed by atoms with Crippen LogP contribution in [-0.2, 0) is 16.1 Å². The van der Waals surface area contributed by atoms with Gasteiger partial charge in [-0.25, -0.2) is 0 Å². The summed E-state index contributed by atoms with van der Waals surface area (Å²) in [5.74, 6) is -1.51. The Morgan fingerprint density at radius 3 is 2.67 bits per heavy atom. The second-order valence-corrected chi connectivity index (χ2v) is 5.85. The highest BCUT2D eigenvalue weighted by molar-refractivity contribution is 5.85. The van der Waals surface area contributed by atoms with Crippen LogP contribution >= 0.6 is 0 Å². The maximum absolute atomic E-state index is 12.6. The molecule has 0 aliphatic heterocycles. The topological polar surface area (TPSA) is 70.5 Å². The Kier molecular flexibility index (Phi) is 4.94. The third kappa shape index (κ3) is 3.60. The number of rotatable bonds is 5. The Morgan fingerprint density at radius 1 is 1.38 bits per heavy atom. The maximum atomic E-state index is 12.6.